The number of aryl methyl sites for hydroxylation is 1. The Labute approximate surface area is 129 Å². The van der Waals surface area contributed by atoms with E-state index in [1.54, 1.807) is 0 Å². The molecule has 2 N–H and O–H groups in total. The van der Waals surface area contributed by atoms with Crippen LogP contribution in [0.3, 0.4) is 0 Å². The van der Waals surface area contributed by atoms with Gasteiger partial charge < -0.3 is 14.8 Å². The third-order valence-corrected chi connectivity index (χ3v) is 4.24. The van der Waals surface area contributed by atoms with Crippen LogP contribution in [-0.4, -0.2) is 46.1 Å². The third-order valence-electron chi connectivity index (χ3n) is 4.24. The molecule has 118 valence electrons. The van der Waals surface area contributed by atoms with Crippen molar-refractivity contribution < 1.29 is 14.3 Å². The Hall–Kier alpha value is -2.08. The molecule has 1 aromatic carbocycles. The molecule has 3 rings (SSSR count). The second kappa shape index (κ2) is 5.96. The summed E-state index contributed by atoms with van der Waals surface area (Å²) in [7, 11) is 0. The smallest absolute Gasteiger partial charge is 0.317 e. The maximum Gasteiger partial charge on any atom is 0.317 e. The average molecular weight is 303 g/mol. The minimum atomic E-state index is -0.771. The quantitative estimate of drug-likeness (QED) is 0.853. The van der Waals surface area contributed by atoms with Gasteiger partial charge in [0.25, 0.3) is 6.01 Å². The monoisotopic (exact) mass is 303 g/mol. The summed E-state index contributed by atoms with van der Waals surface area (Å²) in [5, 5.41) is 12.2. The molecule has 0 amide bonds. The van der Waals surface area contributed by atoms with Crippen molar-refractivity contribution >= 4 is 23.1 Å². The normalized spacial score (nSPS) is 21.0. The first-order chi connectivity index (χ1) is 10.5. The summed E-state index contributed by atoms with van der Waals surface area (Å²) in [4.78, 5) is 17.3. The van der Waals surface area contributed by atoms with Crippen molar-refractivity contribution in [2.24, 2.45) is 0 Å². The van der Waals surface area contributed by atoms with E-state index in [1.807, 2.05) is 36.9 Å². The maximum absolute atomic E-state index is 10.8. The second-order valence-corrected chi connectivity index (χ2v) is 5.91. The number of anilines is 1. The Morgan fingerprint density at radius 1 is 1.50 bits per heavy atom. The van der Waals surface area contributed by atoms with Gasteiger partial charge in [-0.05, 0) is 44.0 Å². The molecular formula is C16H21N3O3. The Kier molecular flexibility index (Phi) is 4.02. The summed E-state index contributed by atoms with van der Waals surface area (Å²) in [6.45, 7) is 4.88. The SMILES string of the molecule is CCN(CC(=O)O)C1CC(Nc2nc3cc(C)ccc3o2)C1. The van der Waals surface area contributed by atoms with Crippen molar-refractivity contribution in [2.75, 3.05) is 18.4 Å². The first-order valence-corrected chi connectivity index (χ1v) is 7.64. The summed E-state index contributed by atoms with van der Waals surface area (Å²) in [6.07, 6.45) is 1.83. The van der Waals surface area contributed by atoms with E-state index in [-0.39, 0.29) is 6.54 Å². The predicted octanol–water partition coefficient (Wildman–Crippen LogP) is 2.49. The number of nitrogens with one attached hydrogen (secondary N) is 1. The van der Waals surface area contributed by atoms with Gasteiger partial charge >= 0.3 is 5.97 Å². The van der Waals surface area contributed by atoms with Crippen molar-refractivity contribution in [2.45, 2.75) is 38.8 Å². The molecule has 6 nitrogen and oxygen atoms in total. The van der Waals surface area contributed by atoms with Gasteiger partial charge in [-0.15, -0.1) is 0 Å². The molecule has 1 saturated carbocycles. The Bertz CT molecular complexity index is 676. The number of benzene rings is 1. The van der Waals surface area contributed by atoms with Crippen LogP contribution in [0.5, 0.6) is 0 Å². The highest BCUT2D eigenvalue weighted by Crippen LogP contribution is 2.29. The van der Waals surface area contributed by atoms with Crippen LogP contribution >= 0.6 is 0 Å². The average Bonchev–Trinajstić information content (AvgIpc) is 2.81. The van der Waals surface area contributed by atoms with E-state index in [2.05, 4.69) is 10.3 Å². The minimum absolute atomic E-state index is 0.107. The van der Waals surface area contributed by atoms with Crippen LogP contribution in [-0.2, 0) is 4.79 Å². The summed E-state index contributed by atoms with van der Waals surface area (Å²) >= 11 is 0. The van der Waals surface area contributed by atoms with E-state index in [0.29, 0.717) is 18.1 Å². The Morgan fingerprint density at radius 3 is 2.95 bits per heavy atom. The van der Waals surface area contributed by atoms with Crippen molar-refractivity contribution in [1.82, 2.24) is 9.88 Å². The molecule has 0 radical (unpaired) electrons. The molecule has 2 aromatic rings. The lowest BCUT2D eigenvalue weighted by Crippen LogP contribution is -2.51. The highest BCUT2D eigenvalue weighted by atomic mass is 16.4. The lowest BCUT2D eigenvalue weighted by Gasteiger charge is -2.41. The Morgan fingerprint density at radius 2 is 2.27 bits per heavy atom. The summed E-state index contributed by atoms with van der Waals surface area (Å²) < 4.78 is 5.69. The lowest BCUT2D eigenvalue weighted by molar-refractivity contribution is -0.139. The number of carbonyl (C=O) groups is 1. The van der Waals surface area contributed by atoms with E-state index < -0.39 is 5.97 Å². The minimum Gasteiger partial charge on any atom is -0.480 e. The van der Waals surface area contributed by atoms with Crippen molar-refractivity contribution in [3.05, 3.63) is 23.8 Å². The molecule has 1 aromatic heterocycles. The van der Waals surface area contributed by atoms with Crippen molar-refractivity contribution in [3.8, 4) is 0 Å². The number of oxazole rings is 1. The predicted molar refractivity (Wildman–Crippen MR) is 84.1 cm³/mol. The zero-order valence-corrected chi connectivity index (χ0v) is 12.9. The third kappa shape index (κ3) is 3.06. The molecule has 0 aliphatic heterocycles. The molecule has 1 heterocycles. The zero-order valence-electron chi connectivity index (χ0n) is 12.9. The fraction of sp³-hybridized carbons (Fsp3) is 0.500. The van der Waals surface area contributed by atoms with Gasteiger partial charge in [0.05, 0.1) is 6.54 Å². The standard InChI is InChI=1S/C16H21N3O3/c1-3-19(9-15(20)21)12-7-11(8-12)17-16-18-13-6-10(2)4-5-14(13)22-16/h4-6,11-12H,3,7-9H2,1-2H3,(H,17,18)(H,20,21). The van der Waals surface area contributed by atoms with Gasteiger partial charge in [-0.1, -0.05) is 13.0 Å². The highest BCUT2D eigenvalue weighted by molar-refractivity contribution is 5.75. The number of fused-ring (bicyclic) bond motifs is 1. The number of nitrogens with zero attached hydrogens (tertiary/aromatic N) is 2. The summed E-state index contributed by atoms with van der Waals surface area (Å²) in [6, 6.07) is 7.09. The molecule has 0 unspecified atom stereocenters. The highest BCUT2D eigenvalue weighted by Gasteiger charge is 2.34. The van der Waals surface area contributed by atoms with Gasteiger partial charge in [-0.3, -0.25) is 9.69 Å². The summed E-state index contributed by atoms with van der Waals surface area (Å²) in [5.41, 5.74) is 2.80. The van der Waals surface area contributed by atoms with E-state index in [0.717, 1.165) is 36.0 Å². The van der Waals surface area contributed by atoms with Gasteiger partial charge in [0.1, 0.15) is 5.52 Å². The number of aliphatic carboxylic acids is 1. The van der Waals surface area contributed by atoms with Gasteiger partial charge in [0.15, 0.2) is 5.58 Å². The molecule has 0 atom stereocenters. The van der Waals surface area contributed by atoms with E-state index in [1.165, 1.54) is 0 Å². The Balaban J connectivity index is 1.57. The molecule has 6 heteroatoms. The molecule has 1 fully saturated rings. The maximum atomic E-state index is 10.8. The molecule has 0 bridgehead atoms. The van der Waals surface area contributed by atoms with Gasteiger partial charge in [0, 0.05) is 12.1 Å². The molecule has 22 heavy (non-hydrogen) atoms. The van der Waals surface area contributed by atoms with Gasteiger partial charge in [-0.2, -0.15) is 4.98 Å². The van der Waals surface area contributed by atoms with Crippen LogP contribution in [0.2, 0.25) is 0 Å². The van der Waals surface area contributed by atoms with Crippen LogP contribution in [0, 0.1) is 6.92 Å². The first kappa shape index (κ1) is 14.8. The van der Waals surface area contributed by atoms with Crippen molar-refractivity contribution in [3.63, 3.8) is 0 Å². The van der Waals surface area contributed by atoms with Crippen LogP contribution in [0.4, 0.5) is 6.01 Å². The number of aromatic nitrogens is 1. The zero-order chi connectivity index (χ0) is 15.7. The first-order valence-electron chi connectivity index (χ1n) is 7.64. The number of rotatable bonds is 6. The molecule has 1 aliphatic carbocycles. The van der Waals surface area contributed by atoms with Gasteiger partial charge in [0.2, 0.25) is 0 Å². The van der Waals surface area contributed by atoms with Crippen LogP contribution in [0.15, 0.2) is 22.6 Å². The number of carboxylic acid groups (broad SMARTS) is 1. The summed E-state index contributed by atoms with van der Waals surface area (Å²) in [5.74, 6) is -0.771. The number of hydrogen-bond acceptors (Lipinski definition) is 5. The largest absolute Gasteiger partial charge is 0.480 e. The van der Waals surface area contributed by atoms with E-state index >= 15 is 0 Å². The fourth-order valence-corrected chi connectivity index (χ4v) is 2.95. The van der Waals surface area contributed by atoms with Gasteiger partial charge in [-0.25, -0.2) is 0 Å². The number of likely N-dealkylation sites (N-methyl/N-ethyl adjacent to an activating group) is 1. The van der Waals surface area contributed by atoms with Crippen LogP contribution in [0.25, 0.3) is 11.1 Å². The molecular weight excluding hydrogens is 282 g/mol. The number of carboxylic acids is 1. The molecule has 0 spiro atoms. The van der Waals surface area contributed by atoms with Crippen molar-refractivity contribution in [1.29, 1.82) is 0 Å². The van der Waals surface area contributed by atoms with Crippen LogP contribution < -0.4 is 5.32 Å². The fourth-order valence-electron chi connectivity index (χ4n) is 2.95. The lowest BCUT2D eigenvalue weighted by atomic mass is 9.85. The second-order valence-electron chi connectivity index (χ2n) is 5.91. The number of hydrogen-bond donors (Lipinski definition) is 2. The van der Waals surface area contributed by atoms with E-state index in [4.69, 9.17) is 9.52 Å². The van der Waals surface area contributed by atoms with Crippen LogP contribution in [0.1, 0.15) is 25.3 Å². The molecule has 0 saturated heterocycles. The van der Waals surface area contributed by atoms with E-state index in [9.17, 15) is 4.79 Å². The molecule has 1 aliphatic rings. The topological polar surface area (TPSA) is 78.6 Å².